The maximum Gasteiger partial charge on any atom is 0.337 e. The van der Waals surface area contributed by atoms with Crippen LogP contribution in [0.15, 0.2) is 23.1 Å². The predicted molar refractivity (Wildman–Crippen MR) is 45.4 cm³/mol. The number of carboxylic acid groups (broad SMARTS) is 1. The molecule has 0 fully saturated rings. The quantitative estimate of drug-likeness (QED) is 0.808. The highest BCUT2D eigenvalue weighted by Crippen LogP contribution is 2.24. The minimum Gasteiger partial charge on any atom is -0.478 e. The summed E-state index contributed by atoms with van der Waals surface area (Å²) in [4.78, 5) is 10.7. The highest BCUT2D eigenvalue weighted by atomic mass is 35.5. The molecule has 0 atom stereocenters. The molecule has 12 heavy (non-hydrogen) atoms. The zero-order chi connectivity index (χ0) is 9.14. The average molecular weight is 207 g/mol. The van der Waals surface area contributed by atoms with Gasteiger partial charge in [0.25, 0.3) is 0 Å². The standard InChI is InChI=1S/C7H4ClFO2S/c8-6-2-1-4(12-9)3-5(6)7(10)11/h1-3H,(H,10,11). The Kier molecular flexibility index (Phi) is 2.94. The van der Waals surface area contributed by atoms with Gasteiger partial charge in [0, 0.05) is 4.90 Å². The third-order valence-corrected chi connectivity index (χ3v) is 2.02. The topological polar surface area (TPSA) is 37.3 Å². The van der Waals surface area contributed by atoms with Crippen LogP contribution < -0.4 is 0 Å². The number of benzene rings is 1. The number of aromatic carboxylic acids is 1. The van der Waals surface area contributed by atoms with E-state index in [1.165, 1.54) is 18.2 Å². The zero-order valence-corrected chi connectivity index (χ0v) is 7.32. The largest absolute Gasteiger partial charge is 0.478 e. The third kappa shape index (κ3) is 1.89. The number of carbonyl (C=O) groups is 1. The minimum atomic E-state index is -1.16. The van der Waals surface area contributed by atoms with Crippen molar-refractivity contribution in [1.29, 1.82) is 0 Å². The molecule has 5 heteroatoms. The summed E-state index contributed by atoms with van der Waals surface area (Å²) in [7, 11) is 0. The number of hydrogen-bond acceptors (Lipinski definition) is 2. The van der Waals surface area contributed by atoms with Crippen LogP contribution in [-0.2, 0) is 0 Å². The van der Waals surface area contributed by atoms with E-state index in [0.29, 0.717) is 0 Å². The summed E-state index contributed by atoms with van der Waals surface area (Å²) in [5, 5.41) is 8.68. The van der Waals surface area contributed by atoms with Gasteiger partial charge in [0.2, 0.25) is 0 Å². The Labute approximate surface area is 77.6 Å². The Morgan fingerprint density at radius 1 is 1.58 bits per heavy atom. The number of rotatable bonds is 2. The number of halogens is 2. The van der Waals surface area contributed by atoms with Gasteiger partial charge in [-0.05, 0) is 18.2 Å². The summed E-state index contributed by atoms with van der Waals surface area (Å²) in [6, 6.07) is 3.96. The molecule has 0 saturated carbocycles. The minimum absolute atomic E-state index is 0.0129. The van der Waals surface area contributed by atoms with Crippen LogP contribution in [0.3, 0.4) is 0 Å². The highest BCUT2D eigenvalue weighted by molar-refractivity contribution is 7.94. The third-order valence-electron chi connectivity index (χ3n) is 1.26. The van der Waals surface area contributed by atoms with Gasteiger partial charge in [-0.1, -0.05) is 11.6 Å². The van der Waals surface area contributed by atoms with Gasteiger partial charge in [-0.15, -0.1) is 0 Å². The second-order valence-electron chi connectivity index (χ2n) is 2.02. The fourth-order valence-corrected chi connectivity index (χ4v) is 1.20. The molecule has 0 aliphatic carbocycles. The Morgan fingerprint density at radius 2 is 2.25 bits per heavy atom. The van der Waals surface area contributed by atoms with Gasteiger partial charge in [-0.3, -0.25) is 0 Å². The Morgan fingerprint density at radius 3 is 2.75 bits per heavy atom. The molecule has 0 spiro atoms. The summed E-state index contributed by atoms with van der Waals surface area (Å²) in [6.07, 6.45) is 0. The van der Waals surface area contributed by atoms with E-state index in [1.807, 2.05) is 0 Å². The molecule has 2 nitrogen and oxygen atoms in total. The molecule has 0 bridgehead atoms. The first-order chi connectivity index (χ1) is 5.65. The fraction of sp³-hybridized carbons (Fsp3) is 0. The summed E-state index contributed by atoms with van der Waals surface area (Å²) < 4.78 is 12.0. The number of carboxylic acids is 1. The van der Waals surface area contributed by atoms with Crippen molar-refractivity contribution in [3.05, 3.63) is 28.8 Å². The molecule has 0 saturated heterocycles. The van der Waals surface area contributed by atoms with Crippen LogP contribution >= 0.6 is 23.7 Å². The van der Waals surface area contributed by atoms with E-state index in [2.05, 4.69) is 0 Å². The van der Waals surface area contributed by atoms with Gasteiger partial charge in [-0.25, -0.2) is 4.79 Å². The number of hydrogen-bond donors (Lipinski definition) is 1. The first-order valence-electron chi connectivity index (χ1n) is 2.96. The van der Waals surface area contributed by atoms with Crippen LogP contribution in [0.2, 0.25) is 5.02 Å². The fourth-order valence-electron chi connectivity index (χ4n) is 0.716. The van der Waals surface area contributed by atoms with Crippen molar-refractivity contribution < 1.29 is 13.8 Å². The second-order valence-corrected chi connectivity index (χ2v) is 3.06. The Balaban J connectivity index is 3.17. The van der Waals surface area contributed by atoms with Crippen molar-refractivity contribution in [1.82, 2.24) is 0 Å². The van der Waals surface area contributed by atoms with E-state index in [0.717, 1.165) is 0 Å². The first kappa shape index (κ1) is 9.35. The van der Waals surface area contributed by atoms with Crippen molar-refractivity contribution in [3.8, 4) is 0 Å². The molecule has 0 unspecified atom stereocenters. The molecule has 0 aliphatic heterocycles. The lowest BCUT2D eigenvalue weighted by Crippen LogP contribution is -1.96. The molecular weight excluding hydrogens is 203 g/mol. The lowest BCUT2D eigenvalue weighted by atomic mass is 10.2. The van der Waals surface area contributed by atoms with Gasteiger partial charge < -0.3 is 5.11 Å². The van der Waals surface area contributed by atoms with E-state index >= 15 is 0 Å². The van der Waals surface area contributed by atoms with Crippen LogP contribution in [0, 0.1) is 0 Å². The SMILES string of the molecule is O=C(O)c1cc(SF)ccc1Cl. The van der Waals surface area contributed by atoms with Gasteiger partial charge in [-0.2, -0.15) is 3.89 Å². The molecule has 0 aliphatic rings. The monoisotopic (exact) mass is 206 g/mol. The lowest BCUT2D eigenvalue weighted by molar-refractivity contribution is 0.0697. The normalized spacial score (nSPS) is 9.83. The maximum absolute atomic E-state index is 12.0. The molecule has 1 rings (SSSR count). The van der Waals surface area contributed by atoms with Crippen LogP contribution in [-0.4, -0.2) is 11.1 Å². The molecule has 64 valence electrons. The van der Waals surface area contributed by atoms with E-state index in [-0.39, 0.29) is 27.6 Å². The molecule has 1 aromatic carbocycles. The van der Waals surface area contributed by atoms with E-state index in [1.54, 1.807) is 0 Å². The molecule has 0 amide bonds. The molecule has 1 N–H and O–H groups in total. The van der Waals surface area contributed by atoms with Crippen molar-refractivity contribution in [2.24, 2.45) is 0 Å². The summed E-state index contributed by atoms with van der Waals surface area (Å²) >= 11 is 5.52. The summed E-state index contributed by atoms with van der Waals surface area (Å²) in [5.74, 6) is -1.16. The zero-order valence-electron chi connectivity index (χ0n) is 5.75. The molecule has 0 heterocycles. The van der Waals surface area contributed by atoms with Crippen molar-refractivity contribution >= 4 is 29.7 Å². The summed E-state index contributed by atoms with van der Waals surface area (Å²) in [5.41, 5.74) is -0.0840. The van der Waals surface area contributed by atoms with Gasteiger partial charge in [0.1, 0.15) is 0 Å². The predicted octanol–water partition coefficient (Wildman–Crippen LogP) is 3.01. The smallest absolute Gasteiger partial charge is 0.337 e. The van der Waals surface area contributed by atoms with Gasteiger partial charge >= 0.3 is 5.97 Å². The maximum atomic E-state index is 12.0. The lowest BCUT2D eigenvalue weighted by Gasteiger charge is -1.98. The van der Waals surface area contributed by atoms with E-state index < -0.39 is 5.97 Å². The van der Waals surface area contributed by atoms with E-state index in [9.17, 15) is 8.68 Å². The Hall–Kier alpha value is -0.740. The van der Waals surface area contributed by atoms with Crippen molar-refractivity contribution in [3.63, 3.8) is 0 Å². The summed E-state index contributed by atoms with van der Waals surface area (Å²) in [6.45, 7) is 0. The van der Waals surface area contributed by atoms with Crippen LogP contribution in [0.5, 0.6) is 0 Å². The molecular formula is C7H4ClFO2S. The first-order valence-corrected chi connectivity index (χ1v) is 4.06. The highest BCUT2D eigenvalue weighted by Gasteiger charge is 2.09. The molecule has 0 radical (unpaired) electrons. The molecule has 0 aromatic heterocycles. The van der Waals surface area contributed by atoms with Crippen LogP contribution in [0.25, 0.3) is 0 Å². The van der Waals surface area contributed by atoms with Gasteiger partial charge in [0.15, 0.2) is 0 Å². The molecule has 1 aromatic rings. The second kappa shape index (κ2) is 3.78. The van der Waals surface area contributed by atoms with Crippen molar-refractivity contribution in [2.45, 2.75) is 4.90 Å². The van der Waals surface area contributed by atoms with Crippen molar-refractivity contribution in [2.75, 3.05) is 0 Å². The Bertz CT molecular complexity index is 316. The average Bonchev–Trinajstić information content (AvgIpc) is 2.05. The van der Waals surface area contributed by atoms with Crippen LogP contribution in [0.1, 0.15) is 10.4 Å². The van der Waals surface area contributed by atoms with Crippen LogP contribution in [0.4, 0.5) is 3.89 Å². The van der Waals surface area contributed by atoms with E-state index in [4.69, 9.17) is 16.7 Å². The van der Waals surface area contributed by atoms with Gasteiger partial charge in [0.05, 0.1) is 22.7 Å².